The van der Waals surface area contributed by atoms with Gasteiger partial charge in [-0.25, -0.2) is 0 Å². The number of hydrogen-bond donors (Lipinski definition) is 3. The second-order valence-electron chi connectivity index (χ2n) is 1.12. The van der Waals surface area contributed by atoms with Crippen LogP contribution in [-0.2, 0) is 9.53 Å². The van der Waals surface area contributed by atoms with Crippen LogP contribution in [0, 0.1) is 5.41 Å². The molecule has 46 valence electrons. The Balaban J connectivity index is 3.18. The number of nitrogens with two attached hydrogens (primary N) is 2. The summed E-state index contributed by atoms with van der Waals surface area (Å²) in [6.07, 6.45) is 0. The molecule has 0 bridgehead atoms. The van der Waals surface area contributed by atoms with Gasteiger partial charge in [-0.15, -0.1) is 0 Å². The number of amides is 1. The fourth-order valence-corrected chi connectivity index (χ4v) is 0.149. The van der Waals surface area contributed by atoms with E-state index in [-0.39, 0.29) is 6.61 Å². The molecule has 5 N–H and O–H groups in total. The van der Waals surface area contributed by atoms with E-state index in [0.29, 0.717) is 0 Å². The molecule has 0 radical (unpaired) electrons. The van der Waals surface area contributed by atoms with E-state index >= 15 is 0 Å². The maximum absolute atomic E-state index is 9.85. The van der Waals surface area contributed by atoms with E-state index in [1.807, 2.05) is 0 Å². The molecule has 8 heavy (non-hydrogen) atoms. The first-order valence-corrected chi connectivity index (χ1v) is 1.88. The first-order valence-electron chi connectivity index (χ1n) is 1.88. The molecule has 5 heteroatoms. The molecule has 1 amide bonds. The Bertz CT molecular complexity index is 97.1. The summed E-state index contributed by atoms with van der Waals surface area (Å²) < 4.78 is 4.19. The van der Waals surface area contributed by atoms with E-state index in [1.54, 1.807) is 0 Å². The summed E-state index contributed by atoms with van der Waals surface area (Å²) in [7, 11) is 0. The molecule has 0 aromatic heterocycles. The van der Waals surface area contributed by atoms with Gasteiger partial charge in [0.05, 0.1) is 0 Å². The Hall–Kier alpha value is -1.26. The number of amidine groups is 1. The second kappa shape index (κ2) is 2.84. The van der Waals surface area contributed by atoms with E-state index < -0.39 is 11.9 Å². The number of nitrogens with one attached hydrogen (secondary N) is 1. The van der Waals surface area contributed by atoms with Gasteiger partial charge in [-0.3, -0.25) is 10.2 Å². The molecule has 0 unspecified atom stereocenters. The van der Waals surface area contributed by atoms with Crippen molar-refractivity contribution in [1.82, 2.24) is 0 Å². The van der Waals surface area contributed by atoms with Crippen LogP contribution in [0.1, 0.15) is 0 Å². The number of ether oxygens (including phenoxy) is 1. The van der Waals surface area contributed by atoms with Crippen LogP contribution in [0.2, 0.25) is 0 Å². The average molecular weight is 117 g/mol. The molecule has 0 aliphatic carbocycles. The molecule has 0 aromatic carbocycles. The molecule has 0 saturated carbocycles. The molecule has 0 heterocycles. The Kier molecular flexibility index (Phi) is 2.39. The zero-order chi connectivity index (χ0) is 6.57. The third kappa shape index (κ3) is 4.74. The predicted molar refractivity (Wildman–Crippen MR) is 27.1 cm³/mol. The summed E-state index contributed by atoms with van der Waals surface area (Å²) in [5.74, 6) is -0.639. The standard InChI is InChI=1S/C3H7N3O2/c4-2(7)1-8-3(5)6/h1H2,(H2,4,7)(H3,5,6). The summed E-state index contributed by atoms with van der Waals surface area (Å²) in [6.45, 7) is -0.324. The SMILES string of the molecule is N=C(N)OCC(N)=O. The van der Waals surface area contributed by atoms with Gasteiger partial charge in [0.15, 0.2) is 6.61 Å². The molecule has 0 fully saturated rings. The summed E-state index contributed by atoms with van der Waals surface area (Å²) in [5, 5.41) is 6.44. The third-order valence-electron chi connectivity index (χ3n) is 0.370. The molecule has 0 spiro atoms. The topological polar surface area (TPSA) is 102 Å². The quantitative estimate of drug-likeness (QED) is 0.299. The van der Waals surface area contributed by atoms with E-state index in [4.69, 9.17) is 11.1 Å². The Morgan fingerprint density at radius 1 is 1.62 bits per heavy atom. The van der Waals surface area contributed by atoms with Crippen LogP contribution in [0.5, 0.6) is 0 Å². The van der Waals surface area contributed by atoms with Crippen molar-refractivity contribution in [2.24, 2.45) is 11.5 Å². The van der Waals surface area contributed by atoms with Crippen molar-refractivity contribution in [1.29, 1.82) is 5.41 Å². The number of rotatable bonds is 2. The zero-order valence-electron chi connectivity index (χ0n) is 4.18. The molecule has 0 aromatic rings. The molecular formula is C3H7N3O2. The van der Waals surface area contributed by atoms with Gasteiger partial charge in [0.25, 0.3) is 11.9 Å². The van der Waals surface area contributed by atoms with Crippen LogP contribution in [0.4, 0.5) is 0 Å². The van der Waals surface area contributed by atoms with Crippen molar-refractivity contribution in [3.05, 3.63) is 0 Å². The van der Waals surface area contributed by atoms with E-state index in [9.17, 15) is 4.79 Å². The Labute approximate surface area is 46.1 Å². The van der Waals surface area contributed by atoms with Gasteiger partial charge in [-0.2, -0.15) is 0 Å². The van der Waals surface area contributed by atoms with Crippen molar-refractivity contribution in [3.63, 3.8) is 0 Å². The Morgan fingerprint density at radius 2 is 2.12 bits per heavy atom. The van der Waals surface area contributed by atoms with Crippen LogP contribution in [-0.4, -0.2) is 18.5 Å². The lowest BCUT2D eigenvalue weighted by molar-refractivity contribution is -0.120. The fraction of sp³-hybridized carbons (Fsp3) is 0.333. The number of carbonyl (C=O) groups is 1. The number of carbonyl (C=O) groups excluding carboxylic acids is 1. The van der Waals surface area contributed by atoms with Crippen LogP contribution >= 0.6 is 0 Å². The highest BCUT2D eigenvalue weighted by Gasteiger charge is 1.92. The van der Waals surface area contributed by atoms with Crippen molar-refractivity contribution < 1.29 is 9.53 Å². The van der Waals surface area contributed by atoms with Gasteiger partial charge in [0.1, 0.15) is 0 Å². The van der Waals surface area contributed by atoms with Gasteiger partial charge in [-0.05, 0) is 0 Å². The van der Waals surface area contributed by atoms with Crippen LogP contribution in [0.15, 0.2) is 0 Å². The van der Waals surface area contributed by atoms with Gasteiger partial charge in [0, 0.05) is 0 Å². The van der Waals surface area contributed by atoms with Gasteiger partial charge >= 0.3 is 0 Å². The maximum Gasteiger partial charge on any atom is 0.279 e. The summed E-state index contributed by atoms with van der Waals surface area (Å²) in [6, 6.07) is -0.496. The second-order valence-corrected chi connectivity index (χ2v) is 1.12. The molecule has 0 aliphatic heterocycles. The largest absolute Gasteiger partial charge is 0.456 e. The Morgan fingerprint density at radius 3 is 2.25 bits per heavy atom. The minimum Gasteiger partial charge on any atom is -0.456 e. The molecule has 0 rings (SSSR count). The van der Waals surface area contributed by atoms with Crippen LogP contribution in [0.25, 0.3) is 0 Å². The minimum atomic E-state index is -0.639. The summed E-state index contributed by atoms with van der Waals surface area (Å²) in [4.78, 5) is 9.85. The summed E-state index contributed by atoms with van der Waals surface area (Å²) in [5.41, 5.74) is 9.32. The van der Waals surface area contributed by atoms with Crippen molar-refractivity contribution in [2.45, 2.75) is 0 Å². The monoisotopic (exact) mass is 117 g/mol. The average Bonchev–Trinajstić information content (AvgIpc) is 1.61. The molecule has 0 saturated heterocycles. The smallest absolute Gasteiger partial charge is 0.279 e. The zero-order valence-corrected chi connectivity index (χ0v) is 4.18. The lowest BCUT2D eigenvalue weighted by atomic mass is 10.7. The van der Waals surface area contributed by atoms with Crippen LogP contribution < -0.4 is 11.5 Å². The van der Waals surface area contributed by atoms with Crippen molar-refractivity contribution >= 4 is 11.9 Å². The van der Waals surface area contributed by atoms with E-state index in [2.05, 4.69) is 10.5 Å². The summed E-state index contributed by atoms with van der Waals surface area (Å²) >= 11 is 0. The maximum atomic E-state index is 9.85. The van der Waals surface area contributed by atoms with Crippen molar-refractivity contribution in [2.75, 3.05) is 6.61 Å². The van der Waals surface area contributed by atoms with Gasteiger partial charge in [0.2, 0.25) is 0 Å². The predicted octanol–water partition coefficient (Wildman–Crippen LogP) is -1.62. The lowest BCUT2D eigenvalue weighted by Gasteiger charge is -1.96. The number of primary amides is 1. The third-order valence-corrected chi connectivity index (χ3v) is 0.370. The number of hydrogen-bond acceptors (Lipinski definition) is 3. The molecule has 0 aliphatic rings. The highest BCUT2D eigenvalue weighted by Crippen LogP contribution is 1.66. The highest BCUT2D eigenvalue weighted by atomic mass is 16.5. The lowest BCUT2D eigenvalue weighted by Crippen LogP contribution is -2.24. The minimum absolute atomic E-state index is 0.324. The first-order chi connectivity index (χ1) is 3.63. The highest BCUT2D eigenvalue weighted by molar-refractivity contribution is 5.78. The van der Waals surface area contributed by atoms with E-state index in [0.717, 1.165) is 0 Å². The molecule has 0 atom stereocenters. The van der Waals surface area contributed by atoms with Crippen LogP contribution in [0.3, 0.4) is 0 Å². The van der Waals surface area contributed by atoms with Gasteiger partial charge in [-0.1, -0.05) is 0 Å². The molecule has 5 nitrogen and oxygen atoms in total. The first kappa shape index (κ1) is 6.74. The van der Waals surface area contributed by atoms with E-state index in [1.165, 1.54) is 0 Å². The fourth-order valence-electron chi connectivity index (χ4n) is 0.149. The molecular weight excluding hydrogens is 110 g/mol. The normalized spacial score (nSPS) is 8.00. The van der Waals surface area contributed by atoms with Crippen molar-refractivity contribution in [3.8, 4) is 0 Å². The van der Waals surface area contributed by atoms with Gasteiger partial charge < -0.3 is 16.2 Å².